The van der Waals surface area contributed by atoms with Crippen LogP contribution in [0.3, 0.4) is 0 Å². The summed E-state index contributed by atoms with van der Waals surface area (Å²) in [4.78, 5) is 13.3. The molecule has 2 aromatic heterocycles. The molecule has 0 saturated carbocycles. The molecule has 0 aliphatic heterocycles. The zero-order valence-electron chi connectivity index (χ0n) is 20.0. The summed E-state index contributed by atoms with van der Waals surface area (Å²) >= 11 is 3.49. The third-order valence-electron chi connectivity index (χ3n) is 4.69. The number of methoxy groups -OCH3 is 1. The van der Waals surface area contributed by atoms with Crippen molar-refractivity contribution < 1.29 is 13.9 Å². The van der Waals surface area contributed by atoms with E-state index in [9.17, 15) is 0 Å². The lowest BCUT2D eigenvalue weighted by molar-refractivity contribution is 0.242. The first kappa shape index (κ1) is 25.0. The van der Waals surface area contributed by atoms with Crippen LogP contribution >= 0.6 is 15.9 Å². The quantitative estimate of drug-likeness (QED) is 0.156. The van der Waals surface area contributed by atoms with Crippen molar-refractivity contribution in [2.75, 3.05) is 23.2 Å². The number of ether oxygens (including phenoxy) is 2. The maximum atomic E-state index is 5.87. The molecule has 0 aliphatic rings. The third kappa shape index (κ3) is 7.19. The van der Waals surface area contributed by atoms with Crippen molar-refractivity contribution in [3.8, 4) is 11.5 Å². The standard InChI is InChI=1S/C25H26BrN7O3/c1-16(2)36-22-11-6-18(26)13-17(22)14-28-33-25-31-23(27-15-21-5-4-12-35-21)30-24(32-25)29-19-7-9-20(34-3)10-8-19/h4-14,16H,15H2,1-3H3,(H3,27,29,30,31,32,33). The predicted octanol–water partition coefficient (Wildman–Crippen LogP) is 5.82. The molecule has 2 heterocycles. The molecule has 4 rings (SSSR count). The van der Waals surface area contributed by atoms with Crippen molar-refractivity contribution in [2.45, 2.75) is 26.5 Å². The minimum atomic E-state index is 0.0317. The maximum absolute atomic E-state index is 5.87. The largest absolute Gasteiger partial charge is 0.497 e. The number of hydrazone groups is 1. The summed E-state index contributed by atoms with van der Waals surface area (Å²) < 4.78 is 17.4. The van der Waals surface area contributed by atoms with Gasteiger partial charge < -0.3 is 24.5 Å². The molecule has 3 N–H and O–H groups in total. The highest BCUT2D eigenvalue weighted by Gasteiger charge is 2.09. The van der Waals surface area contributed by atoms with Gasteiger partial charge in [0.2, 0.25) is 17.8 Å². The highest BCUT2D eigenvalue weighted by atomic mass is 79.9. The predicted molar refractivity (Wildman–Crippen MR) is 143 cm³/mol. The van der Waals surface area contributed by atoms with Crippen LogP contribution in [0.15, 0.2) is 74.9 Å². The molecule has 0 unspecified atom stereocenters. The second-order valence-corrected chi connectivity index (χ2v) is 8.73. The minimum absolute atomic E-state index is 0.0317. The van der Waals surface area contributed by atoms with Crippen LogP contribution in [0.5, 0.6) is 11.5 Å². The number of hydrogen-bond donors (Lipinski definition) is 3. The summed E-state index contributed by atoms with van der Waals surface area (Å²) in [7, 11) is 1.62. The van der Waals surface area contributed by atoms with Gasteiger partial charge >= 0.3 is 0 Å². The third-order valence-corrected chi connectivity index (χ3v) is 5.18. The molecule has 2 aromatic carbocycles. The lowest BCUT2D eigenvalue weighted by Crippen LogP contribution is -2.10. The van der Waals surface area contributed by atoms with Crippen molar-refractivity contribution in [3.05, 3.63) is 76.7 Å². The van der Waals surface area contributed by atoms with E-state index in [0.29, 0.717) is 18.4 Å². The molecular formula is C25H26BrN7O3. The fourth-order valence-corrected chi connectivity index (χ4v) is 3.46. The Labute approximate surface area is 217 Å². The first-order valence-electron chi connectivity index (χ1n) is 11.2. The van der Waals surface area contributed by atoms with Crippen LogP contribution in [-0.2, 0) is 6.54 Å². The number of nitrogens with zero attached hydrogens (tertiary/aromatic N) is 4. The van der Waals surface area contributed by atoms with Crippen LogP contribution in [-0.4, -0.2) is 34.4 Å². The average Bonchev–Trinajstić information content (AvgIpc) is 3.38. The van der Waals surface area contributed by atoms with E-state index < -0.39 is 0 Å². The number of nitrogens with one attached hydrogen (secondary N) is 3. The fraction of sp³-hybridized carbons (Fsp3) is 0.200. The molecule has 0 bridgehead atoms. The van der Waals surface area contributed by atoms with Crippen LogP contribution in [0.4, 0.5) is 23.5 Å². The molecule has 10 nitrogen and oxygen atoms in total. The van der Waals surface area contributed by atoms with Gasteiger partial charge in [0.05, 0.1) is 32.2 Å². The summed E-state index contributed by atoms with van der Waals surface area (Å²) in [5.74, 6) is 3.15. The molecular weight excluding hydrogens is 526 g/mol. The number of furan rings is 1. The van der Waals surface area contributed by atoms with Gasteiger partial charge in [-0.15, -0.1) is 0 Å². The number of anilines is 4. The smallest absolute Gasteiger partial charge is 0.250 e. The molecule has 186 valence electrons. The van der Waals surface area contributed by atoms with Crippen LogP contribution in [0, 0.1) is 0 Å². The van der Waals surface area contributed by atoms with Crippen LogP contribution in [0.2, 0.25) is 0 Å². The topological polar surface area (TPSA) is 119 Å². The van der Waals surface area contributed by atoms with Crippen molar-refractivity contribution in [2.24, 2.45) is 5.10 Å². The first-order valence-corrected chi connectivity index (χ1v) is 12.0. The van der Waals surface area contributed by atoms with E-state index in [1.807, 2.05) is 68.4 Å². The number of benzene rings is 2. The maximum Gasteiger partial charge on any atom is 0.250 e. The number of rotatable bonds is 11. The number of hydrogen-bond acceptors (Lipinski definition) is 10. The van der Waals surface area contributed by atoms with E-state index in [1.54, 1.807) is 19.6 Å². The Hall–Kier alpha value is -4.12. The van der Waals surface area contributed by atoms with E-state index in [-0.39, 0.29) is 12.1 Å². The summed E-state index contributed by atoms with van der Waals surface area (Å²) in [5.41, 5.74) is 4.47. The SMILES string of the molecule is COc1ccc(Nc2nc(NCc3ccco3)nc(NN=Cc3cc(Br)ccc3OC(C)C)n2)cc1. The summed E-state index contributed by atoms with van der Waals surface area (Å²) in [6.45, 7) is 4.36. The second-order valence-electron chi connectivity index (χ2n) is 7.81. The van der Waals surface area contributed by atoms with E-state index in [4.69, 9.17) is 13.9 Å². The van der Waals surface area contributed by atoms with E-state index >= 15 is 0 Å². The van der Waals surface area contributed by atoms with Gasteiger partial charge in [0, 0.05) is 15.7 Å². The van der Waals surface area contributed by atoms with Gasteiger partial charge in [-0.25, -0.2) is 5.43 Å². The average molecular weight is 552 g/mol. The Morgan fingerprint density at radius 2 is 1.81 bits per heavy atom. The molecule has 36 heavy (non-hydrogen) atoms. The molecule has 0 atom stereocenters. The van der Waals surface area contributed by atoms with Crippen molar-refractivity contribution in [1.29, 1.82) is 0 Å². The van der Waals surface area contributed by atoms with E-state index in [0.717, 1.165) is 33.0 Å². The zero-order chi connectivity index (χ0) is 25.3. The highest BCUT2D eigenvalue weighted by Crippen LogP contribution is 2.23. The monoisotopic (exact) mass is 551 g/mol. The molecule has 0 saturated heterocycles. The van der Waals surface area contributed by atoms with Gasteiger partial charge in [0.25, 0.3) is 0 Å². The Bertz CT molecular complexity index is 1300. The fourth-order valence-electron chi connectivity index (χ4n) is 3.08. The molecule has 0 amide bonds. The Balaban J connectivity index is 1.54. The van der Waals surface area contributed by atoms with Crippen molar-refractivity contribution in [3.63, 3.8) is 0 Å². The molecule has 0 radical (unpaired) electrons. The van der Waals surface area contributed by atoms with Crippen LogP contribution in [0.25, 0.3) is 0 Å². The zero-order valence-corrected chi connectivity index (χ0v) is 21.6. The van der Waals surface area contributed by atoms with Gasteiger partial charge in [0.1, 0.15) is 17.3 Å². The number of aromatic nitrogens is 3. The van der Waals surface area contributed by atoms with Crippen LogP contribution < -0.4 is 25.5 Å². The van der Waals surface area contributed by atoms with E-state index in [2.05, 4.69) is 52.0 Å². The van der Waals surface area contributed by atoms with Crippen molar-refractivity contribution in [1.82, 2.24) is 15.0 Å². The summed E-state index contributed by atoms with van der Waals surface area (Å²) in [6, 6.07) is 16.8. The van der Waals surface area contributed by atoms with Crippen LogP contribution in [0.1, 0.15) is 25.2 Å². The van der Waals surface area contributed by atoms with Gasteiger partial charge in [-0.3, -0.25) is 0 Å². The lowest BCUT2D eigenvalue weighted by Gasteiger charge is -2.12. The van der Waals surface area contributed by atoms with Gasteiger partial charge in [0.15, 0.2) is 0 Å². The molecule has 11 heteroatoms. The molecule has 4 aromatic rings. The van der Waals surface area contributed by atoms with Gasteiger partial charge in [-0.2, -0.15) is 20.1 Å². The Morgan fingerprint density at radius 1 is 1.03 bits per heavy atom. The molecule has 0 fully saturated rings. The first-order chi connectivity index (χ1) is 17.5. The Morgan fingerprint density at radius 3 is 2.53 bits per heavy atom. The number of halogens is 1. The van der Waals surface area contributed by atoms with Gasteiger partial charge in [-0.05, 0) is 68.4 Å². The lowest BCUT2D eigenvalue weighted by atomic mass is 10.2. The van der Waals surface area contributed by atoms with E-state index in [1.165, 1.54) is 0 Å². The Kier molecular flexibility index (Phi) is 8.35. The summed E-state index contributed by atoms with van der Waals surface area (Å²) in [5, 5.41) is 10.6. The second kappa shape index (κ2) is 12.0. The summed E-state index contributed by atoms with van der Waals surface area (Å²) in [6.07, 6.45) is 3.30. The minimum Gasteiger partial charge on any atom is -0.497 e. The van der Waals surface area contributed by atoms with Crippen molar-refractivity contribution >= 4 is 45.7 Å². The highest BCUT2D eigenvalue weighted by molar-refractivity contribution is 9.10. The van der Waals surface area contributed by atoms with Gasteiger partial charge in [-0.1, -0.05) is 15.9 Å². The normalized spacial score (nSPS) is 11.0. The molecule has 0 spiro atoms. The molecule has 0 aliphatic carbocycles.